The summed E-state index contributed by atoms with van der Waals surface area (Å²) in [7, 11) is 0. The summed E-state index contributed by atoms with van der Waals surface area (Å²) in [5, 5.41) is 20.5. The quantitative estimate of drug-likeness (QED) is 0.828. The summed E-state index contributed by atoms with van der Waals surface area (Å²) in [4.78, 5) is 5.71. The number of rotatable bonds is 4. The van der Waals surface area contributed by atoms with Crippen LogP contribution < -0.4 is 0 Å². The first-order valence-electron chi connectivity index (χ1n) is 9.30. The maximum atomic E-state index is 10.1. The molecule has 2 aliphatic rings. The van der Waals surface area contributed by atoms with E-state index in [1.807, 2.05) is 38.3 Å². The van der Waals surface area contributed by atoms with Gasteiger partial charge >= 0.3 is 0 Å². The van der Waals surface area contributed by atoms with Crippen molar-refractivity contribution in [3.63, 3.8) is 0 Å². The predicted octanol–water partition coefficient (Wildman–Crippen LogP) is 4.82. The molecule has 2 aliphatic carbocycles. The Bertz CT molecular complexity index is 965. The van der Waals surface area contributed by atoms with E-state index in [4.69, 9.17) is 4.74 Å². The normalized spacial score (nSPS) is 21.6. The largest absolute Gasteiger partial charge is 0.388 e. The van der Waals surface area contributed by atoms with Crippen molar-refractivity contribution in [3.8, 4) is 16.5 Å². The van der Waals surface area contributed by atoms with E-state index in [0.29, 0.717) is 12.0 Å². The summed E-state index contributed by atoms with van der Waals surface area (Å²) in [6.07, 6.45) is 7.85. The van der Waals surface area contributed by atoms with Gasteiger partial charge in [0.2, 0.25) is 0 Å². The van der Waals surface area contributed by atoms with Gasteiger partial charge in [0.05, 0.1) is 34.8 Å². The van der Waals surface area contributed by atoms with Crippen LogP contribution in [0.4, 0.5) is 0 Å². The topological polar surface area (TPSA) is 66.1 Å². The number of aromatic nitrogens is 1. The van der Waals surface area contributed by atoms with E-state index in [2.05, 4.69) is 23.2 Å². The number of nitriles is 1. The van der Waals surface area contributed by atoms with E-state index in [-0.39, 0.29) is 18.3 Å². The minimum atomic E-state index is -0.354. The molecule has 0 amide bonds. The van der Waals surface area contributed by atoms with E-state index < -0.39 is 0 Å². The standard InChI is InChI=1S/C22H22N2O2S/c1-13(2)26-20-9-6-14(10-15(20)11-23)22-24-12-21(27-22)18-5-3-4-17-16(18)7-8-19(17)25/h3-6,10,12-13,19-20,25H,7-9H2,1-2H3. The monoisotopic (exact) mass is 378 g/mol. The molecule has 1 N–H and O–H groups in total. The third-order valence-corrected chi connectivity index (χ3v) is 6.11. The first kappa shape index (κ1) is 18.1. The molecule has 5 heteroatoms. The number of allylic oxidation sites excluding steroid dienone is 2. The lowest BCUT2D eigenvalue weighted by atomic mass is 9.97. The third kappa shape index (κ3) is 3.49. The number of aliphatic hydroxyl groups is 1. The molecule has 2 unspecified atom stereocenters. The Labute approximate surface area is 163 Å². The van der Waals surface area contributed by atoms with E-state index in [0.717, 1.165) is 39.4 Å². The molecular weight excluding hydrogens is 356 g/mol. The SMILES string of the molecule is CC(C)OC1CC=C(c2ncc(-c3cccc4c3CCC4O)s2)C=C1C#N. The first-order chi connectivity index (χ1) is 13.1. The second-order valence-corrected chi connectivity index (χ2v) is 8.27. The third-order valence-electron chi connectivity index (χ3n) is 5.03. The van der Waals surface area contributed by atoms with Gasteiger partial charge in [0, 0.05) is 11.8 Å². The van der Waals surface area contributed by atoms with Crippen LogP contribution in [0.25, 0.3) is 16.0 Å². The summed E-state index contributed by atoms with van der Waals surface area (Å²) >= 11 is 1.63. The van der Waals surface area contributed by atoms with Crippen molar-refractivity contribution in [2.75, 3.05) is 0 Å². The number of hydrogen-bond acceptors (Lipinski definition) is 5. The lowest BCUT2D eigenvalue weighted by molar-refractivity contribution is 0.0327. The molecule has 2 atom stereocenters. The second-order valence-electron chi connectivity index (χ2n) is 7.24. The fraction of sp³-hybridized carbons (Fsp3) is 0.364. The van der Waals surface area contributed by atoms with Crippen molar-refractivity contribution in [2.45, 2.75) is 51.4 Å². The summed E-state index contributed by atoms with van der Waals surface area (Å²) in [5.74, 6) is 0. The second kappa shape index (κ2) is 7.40. The van der Waals surface area contributed by atoms with Gasteiger partial charge in [0.25, 0.3) is 0 Å². The highest BCUT2D eigenvalue weighted by Crippen LogP contribution is 2.40. The van der Waals surface area contributed by atoms with Crippen molar-refractivity contribution in [3.05, 3.63) is 58.3 Å². The van der Waals surface area contributed by atoms with Gasteiger partial charge in [-0.3, -0.25) is 0 Å². The Hall–Kier alpha value is -2.26. The highest BCUT2D eigenvalue weighted by molar-refractivity contribution is 7.16. The van der Waals surface area contributed by atoms with Crippen LogP contribution in [0.1, 0.15) is 48.9 Å². The molecule has 0 saturated carbocycles. The molecular formula is C22H22N2O2S. The predicted molar refractivity (Wildman–Crippen MR) is 107 cm³/mol. The number of aliphatic hydroxyl groups excluding tert-OH is 1. The van der Waals surface area contributed by atoms with Crippen LogP contribution in [0.2, 0.25) is 0 Å². The number of ether oxygens (including phenoxy) is 1. The minimum Gasteiger partial charge on any atom is -0.388 e. The van der Waals surface area contributed by atoms with Crippen LogP contribution in [0.3, 0.4) is 0 Å². The summed E-state index contributed by atoms with van der Waals surface area (Å²) in [6.45, 7) is 3.97. The zero-order valence-corrected chi connectivity index (χ0v) is 16.3. The Kier molecular flexibility index (Phi) is 4.96. The molecule has 2 aromatic rings. The highest BCUT2D eigenvalue weighted by atomic mass is 32.1. The van der Waals surface area contributed by atoms with Crippen LogP contribution in [-0.4, -0.2) is 22.3 Å². The Morgan fingerprint density at radius 2 is 2.22 bits per heavy atom. The van der Waals surface area contributed by atoms with Crippen molar-refractivity contribution in [1.82, 2.24) is 4.98 Å². The van der Waals surface area contributed by atoms with E-state index in [1.54, 1.807) is 11.3 Å². The van der Waals surface area contributed by atoms with Crippen LogP contribution in [0.15, 0.2) is 42.1 Å². The smallest absolute Gasteiger partial charge is 0.123 e. The van der Waals surface area contributed by atoms with Gasteiger partial charge in [-0.25, -0.2) is 4.98 Å². The van der Waals surface area contributed by atoms with Gasteiger partial charge < -0.3 is 9.84 Å². The van der Waals surface area contributed by atoms with Crippen LogP contribution in [0, 0.1) is 11.3 Å². The fourth-order valence-corrected chi connectivity index (χ4v) is 4.77. The van der Waals surface area contributed by atoms with Crippen molar-refractivity contribution < 1.29 is 9.84 Å². The molecule has 0 saturated heterocycles. The van der Waals surface area contributed by atoms with Gasteiger partial charge in [-0.2, -0.15) is 5.26 Å². The van der Waals surface area contributed by atoms with E-state index in [9.17, 15) is 10.4 Å². The number of fused-ring (bicyclic) bond motifs is 1. The Morgan fingerprint density at radius 3 is 3.00 bits per heavy atom. The number of benzene rings is 1. The van der Waals surface area contributed by atoms with Gasteiger partial charge in [0.1, 0.15) is 5.01 Å². The molecule has 4 nitrogen and oxygen atoms in total. The lowest BCUT2D eigenvalue weighted by Crippen LogP contribution is -2.21. The molecule has 0 spiro atoms. The van der Waals surface area contributed by atoms with Gasteiger partial charge in [-0.05, 0) is 55.9 Å². The Balaban J connectivity index is 1.62. The first-order valence-corrected chi connectivity index (χ1v) is 10.1. The average Bonchev–Trinajstić information content (AvgIpc) is 3.29. The maximum absolute atomic E-state index is 10.1. The number of nitrogens with zero attached hydrogens (tertiary/aromatic N) is 2. The minimum absolute atomic E-state index is 0.0868. The summed E-state index contributed by atoms with van der Waals surface area (Å²) in [6, 6.07) is 8.40. The van der Waals surface area contributed by atoms with E-state index >= 15 is 0 Å². The zero-order chi connectivity index (χ0) is 19.0. The van der Waals surface area contributed by atoms with Gasteiger partial charge in [-0.15, -0.1) is 11.3 Å². The maximum Gasteiger partial charge on any atom is 0.123 e. The molecule has 138 valence electrons. The molecule has 1 heterocycles. The molecule has 4 rings (SSSR count). The summed E-state index contributed by atoms with van der Waals surface area (Å²) < 4.78 is 5.84. The molecule has 27 heavy (non-hydrogen) atoms. The van der Waals surface area contributed by atoms with Crippen molar-refractivity contribution >= 4 is 16.9 Å². The Morgan fingerprint density at radius 1 is 1.37 bits per heavy atom. The van der Waals surface area contributed by atoms with Crippen molar-refractivity contribution in [2.24, 2.45) is 0 Å². The van der Waals surface area contributed by atoms with Crippen molar-refractivity contribution in [1.29, 1.82) is 5.26 Å². The molecule has 1 aromatic carbocycles. The molecule has 0 bridgehead atoms. The zero-order valence-electron chi connectivity index (χ0n) is 15.5. The molecule has 1 aromatic heterocycles. The number of thiazole rings is 1. The lowest BCUT2D eigenvalue weighted by Gasteiger charge is -2.21. The van der Waals surface area contributed by atoms with Crippen LogP contribution in [0.5, 0.6) is 0 Å². The highest BCUT2D eigenvalue weighted by Gasteiger charge is 2.25. The fourth-order valence-electron chi connectivity index (χ4n) is 3.79. The molecule has 0 radical (unpaired) electrons. The van der Waals surface area contributed by atoms with Gasteiger partial charge in [-0.1, -0.05) is 24.3 Å². The van der Waals surface area contributed by atoms with E-state index in [1.165, 1.54) is 5.56 Å². The number of hydrogen-bond donors (Lipinski definition) is 1. The van der Waals surface area contributed by atoms with Crippen LogP contribution in [-0.2, 0) is 11.2 Å². The molecule has 0 aliphatic heterocycles. The molecule has 0 fully saturated rings. The summed E-state index contributed by atoms with van der Waals surface area (Å²) in [5.41, 5.74) is 5.08. The average molecular weight is 378 g/mol. The van der Waals surface area contributed by atoms with Crippen LogP contribution >= 0.6 is 11.3 Å². The van der Waals surface area contributed by atoms with Gasteiger partial charge in [0.15, 0.2) is 0 Å².